The molecule has 0 atom stereocenters. The molecule has 0 spiro atoms. The van der Waals surface area contributed by atoms with Gasteiger partial charge in [-0.3, -0.25) is 4.79 Å². The third kappa shape index (κ3) is 3.68. The van der Waals surface area contributed by atoms with E-state index in [-0.39, 0.29) is 15.6 Å². The van der Waals surface area contributed by atoms with Gasteiger partial charge in [0.25, 0.3) is 5.91 Å². The smallest absolute Gasteiger partial charge is 0.257 e. The number of nitrogens with one attached hydrogen (secondary N) is 1. The van der Waals surface area contributed by atoms with Crippen LogP contribution in [0.1, 0.15) is 15.9 Å². The Hall–Kier alpha value is -1.74. The first-order chi connectivity index (χ1) is 12.4. The van der Waals surface area contributed by atoms with Gasteiger partial charge in [-0.05, 0) is 24.3 Å². The van der Waals surface area contributed by atoms with Crippen molar-refractivity contribution in [3.05, 3.63) is 73.0 Å². The molecule has 3 rings (SSSR count). The van der Waals surface area contributed by atoms with E-state index in [1.807, 2.05) is 0 Å². The van der Waals surface area contributed by atoms with Gasteiger partial charge < -0.3 is 5.32 Å². The zero-order valence-corrected chi connectivity index (χ0v) is 16.7. The van der Waals surface area contributed by atoms with Crippen molar-refractivity contribution >= 4 is 68.6 Å². The summed E-state index contributed by atoms with van der Waals surface area (Å²) in [5.74, 6) is -0.454. The summed E-state index contributed by atoms with van der Waals surface area (Å²) in [5, 5.41) is 15.8. The minimum absolute atomic E-state index is 0.155. The Kier molecular flexibility index (Phi) is 5.76. The van der Waals surface area contributed by atoms with Gasteiger partial charge in [-0.25, -0.2) is 0 Å². The summed E-state index contributed by atoms with van der Waals surface area (Å²) in [6, 6.07) is 11.9. The van der Waals surface area contributed by atoms with Crippen LogP contribution in [0.15, 0.2) is 41.8 Å². The molecule has 2 aromatic carbocycles. The highest BCUT2D eigenvalue weighted by molar-refractivity contribution is 7.15. The Bertz CT molecular complexity index is 1060. The lowest BCUT2D eigenvalue weighted by Gasteiger charge is -2.07. The van der Waals surface area contributed by atoms with Crippen LogP contribution in [0.3, 0.4) is 0 Å². The largest absolute Gasteiger partial charge is 0.312 e. The van der Waals surface area contributed by atoms with Crippen LogP contribution in [0.2, 0.25) is 20.1 Å². The van der Waals surface area contributed by atoms with Gasteiger partial charge >= 0.3 is 0 Å². The molecule has 0 aliphatic heterocycles. The minimum Gasteiger partial charge on any atom is -0.312 e. The number of rotatable bonds is 3. The lowest BCUT2D eigenvalue weighted by Crippen LogP contribution is -2.12. The van der Waals surface area contributed by atoms with Crippen LogP contribution >= 0.6 is 57.7 Å². The molecule has 0 bridgehead atoms. The van der Waals surface area contributed by atoms with Crippen LogP contribution in [0, 0.1) is 11.3 Å². The Morgan fingerprint density at radius 2 is 1.81 bits per heavy atom. The topological polar surface area (TPSA) is 52.9 Å². The number of halogens is 4. The lowest BCUT2D eigenvalue weighted by molar-refractivity contribution is 0.102. The van der Waals surface area contributed by atoms with E-state index in [2.05, 4.69) is 11.4 Å². The predicted octanol–water partition coefficient (Wildman–Crippen LogP) is 7.15. The first-order valence-corrected chi connectivity index (χ1v) is 9.54. The van der Waals surface area contributed by atoms with Gasteiger partial charge in [0.2, 0.25) is 0 Å². The molecule has 0 aliphatic carbocycles. The summed E-state index contributed by atoms with van der Waals surface area (Å²) in [6.45, 7) is 0. The molecule has 0 aliphatic rings. The highest BCUT2D eigenvalue weighted by Crippen LogP contribution is 2.39. The second-order valence-corrected chi connectivity index (χ2v) is 7.65. The molecule has 8 heteroatoms. The van der Waals surface area contributed by atoms with Crippen LogP contribution in [0.5, 0.6) is 0 Å². The molecule has 1 amide bonds. The molecule has 1 heterocycles. The summed E-state index contributed by atoms with van der Waals surface area (Å²) in [7, 11) is 0. The maximum absolute atomic E-state index is 12.5. The van der Waals surface area contributed by atoms with Gasteiger partial charge in [0, 0.05) is 26.6 Å². The molecule has 1 N–H and O–H groups in total. The molecule has 0 saturated heterocycles. The van der Waals surface area contributed by atoms with Gasteiger partial charge in [-0.1, -0.05) is 58.5 Å². The SMILES string of the molecule is N#Cc1c(-c2ccc(Cl)cc2Cl)csc1NC(=O)c1cccc(Cl)c1Cl. The standard InChI is InChI=1S/C18H8Cl4N2OS/c19-9-4-5-10(15(21)6-9)13-8-26-18(12(13)7-23)24-17(25)11-2-1-3-14(20)16(11)22/h1-6,8H,(H,24,25). The summed E-state index contributed by atoms with van der Waals surface area (Å²) in [5.41, 5.74) is 1.81. The highest BCUT2D eigenvalue weighted by atomic mass is 35.5. The number of amides is 1. The molecule has 0 fully saturated rings. The number of hydrogen-bond acceptors (Lipinski definition) is 3. The second-order valence-electron chi connectivity index (χ2n) is 5.14. The fourth-order valence-corrected chi connectivity index (χ4v) is 4.12. The van der Waals surface area contributed by atoms with E-state index in [1.54, 1.807) is 41.8 Å². The average Bonchev–Trinajstić information content (AvgIpc) is 2.99. The third-order valence-electron chi connectivity index (χ3n) is 3.55. The van der Waals surface area contributed by atoms with Gasteiger partial charge in [-0.15, -0.1) is 11.3 Å². The van der Waals surface area contributed by atoms with E-state index in [0.717, 1.165) is 0 Å². The van der Waals surface area contributed by atoms with Gasteiger partial charge in [0.05, 0.1) is 21.2 Å². The quantitative estimate of drug-likeness (QED) is 0.468. The molecule has 0 saturated carbocycles. The van der Waals surface area contributed by atoms with Gasteiger partial charge in [-0.2, -0.15) is 5.26 Å². The summed E-state index contributed by atoms with van der Waals surface area (Å²) in [6.07, 6.45) is 0. The zero-order valence-electron chi connectivity index (χ0n) is 12.8. The van der Waals surface area contributed by atoms with Gasteiger partial charge in [0.15, 0.2) is 0 Å². The summed E-state index contributed by atoms with van der Waals surface area (Å²) in [4.78, 5) is 12.5. The molecular formula is C18H8Cl4N2OS. The van der Waals surface area contributed by atoms with E-state index in [1.165, 1.54) is 11.3 Å². The van der Waals surface area contributed by atoms with Crippen molar-refractivity contribution in [1.82, 2.24) is 0 Å². The Morgan fingerprint density at radius 3 is 2.50 bits per heavy atom. The number of anilines is 1. The number of benzene rings is 2. The van der Waals surface area contributed by atoms with Crippen LogP contribution in [0.25, 0.3) is 11.1 Å². The Labute approximate surface area is 173 Å². The van der Waals surface area contributed by atoms with Crippen molar-refractivity contribution in [3.63, 3.8) is 0 Å². The van der Waals surface area contributed by atoms with Crippen molar-refractivity contribution in [3.8, 4) is 17.2 Å². The van der Waals surface area contributed by atoms with E-state index >= 15 is 0 Å². The number of nitrogens with zero attached hydrogens (tertiary/aromatic N) is 1. The maximum Gasteiger partial charge on any atom is 0.257 e. The number of thiophene rings is 1. The van der Waals surface area contributed by atoms with Crippen molar-refractivity contribution in [2.75, 3.05) is 5.32 Å². The van der Waals surface area contributed by atoms with Crippen LogP contribution in [0.4, 0.5) is 5.00 Å². The number of hydrogen-bond donors (Lipinski definition) is 1. The molecule has 0 unspecified atom stereocenters. The summed E-state index contributed by atoms with van der Waals surface area (Å²) >= 11 is 25.4. The van der Waals surface area contributed by atoms with E-state index in [0.29, 0.717) is 31.7 Å². The Morgan fingerprint density at radius 1 is 1.04 bits per heavy atom. The molecule has 1 aromatic heterocycles. The highest BCUT2D eigenvalue weighted by Gasteiger charge is 2.19. The number of nitriles is 1. The molecule has 26 heavy (non-hydrogen) atoms. The monoisotopic (exact) mass is 440 g/mol. The third-order valence-corrected chi connectivity index (χ3v) is 5.81. The average molecular weight is 442 g/mol. The molecule has 0 radical (unpaired) electrons. The van der Waals surface area contributed by atoms with Crippen molar-refractivity contribution < 1.29 is 4.79 Å². The fourth-order valence-electron chi connectivity index (χ4n) is 2.32. The predicted molar refractivity (Wildman–Crippen MR) is 109 cm³/mol. The van der Waals surface area contributed by atoms with Crippen LogP contribution in [-0.4, -0.2) is 5.91 Å². The van der Waals surface area contributed by atoms with Crippen LogP contribution in [-0.2, 0) is 0 Å². The van der Waals surface area contributed by atoms with Crippen molar-refractivity contribution in [1.29, 1.82) is 5.26 Å². The van der Waals surface area contributed by atoms with E-state index in [4.69, 9.17) is 46.4 Å². The fraction of sp³-hybridized carbons (Fsp3) is 0. The minimum atomic E-state index is -0.454. The number of carbonyl (C=O) groups is 1. The summed E-state index contributed by atoms with van der Waals surface area (Å²) < 4.78 is 0. The Balaban J connectivity index is 1.98. The molecule has 3 aromatic rings. The number of carbonyl (C=O) groups excluding carboxylic acids is 1. The first-order valence-electron chi connectivity index (χ1n) is 7.14. The van der Waals surface area contributed by atoms with E-state index in [9.17, 15) is 10.1 Å². The van der Waals surface area contributed by atoms with Crippen molar-refractivity contribution in [2.24, 2.45) is 0 Å². The van der Waals surface area contributed by atoms with E-state index < -0.39 is 5.91 Å². The van der Waals surface area contributed by atoms with Crippen LogP contribution < -0.4 is 5.32 Å². The second kappa shape index (κ2) is 7.87. The maximum atomic E-state index is 12.5. The lowest BCUT2D eigenvalue weighted by atomic mass is 10.0. The van der Waals surface area contributed by atoms with Crippen molar-refractivity contribution in [2.45, 2.75) is 0 Å². The zero-order chi connectivity index (χ0) is 18.8. The first kappa shape index (κ1) is 19.0. The molecule has 130 valence electrons. The molecule has 3 nitrogen and oxygen atoms in total. The van der Waals surface area contributed by atoms with Gasteiger partial charge in [0.1, 0.15) is 11.1 Å². The normalized spacial score (nSPS) is 10.4. The molecular weight excluding hydrogens is 434 g/mol.